The van der Waals surface area contributed by atoms with Gasteiger partial charge in [-0.05, 0) is 48.7 Å². The lowest BCUT2D eigenvalue weighted by Gasteiger charge is -2.40. The number of carbonyl (C=O) groups excluding carboxylic acids is 1. The highest BCUT2D eigenvalue weighted by Crippen LogP contribution is 2.32. The molecule has 5 rings (SSSR count). The lowest BCUT2D eigenvalue weighted by molar-refractivity contribution is -0.147. The Kier molecular flexibility index (Phi) is 6.27. The van der Waals surface area contributed by atoms with E-state index in [0.717, 1.165) is 41.1 Å². The van der Waals surface area contributed by atoms with Crippen LogP contribution in [0.4, 0.5) is 11.6 Å². The molecule has 1 saturated heterocycles. The number of hydrogen-bond donors (Lipinski definition) is 1. The molecule has 0 amide bonds. The molecule has 9 heteroatoms. The molecule has 1 N–H and O–H groups in total. The second kappa shape index (κ2) is 9.33. The van der Waals surface area contributed by atoms with Crippen LogP contribution in [0.3, 0.4) is 0 Å². The van der Waals surface area contributed by atoms with Crippen LogP contribution in [0.1, 0.15) is 18.4 Å². The van der Waals surface area contributed by atoms with E-state index in [1.54, 1.807) is 12.1 Å². The summed E-state index contributed by atoms with van der Waals surface area (Å²) in [4.78, 5) is 26.8. The van der Waals surface area contributed by atoms with Crippen LogP contribution in [0.5, 0.6) is 0 Å². The molecule has 1 aromatic heterocycles. The predicted octanol–water partition coefficient (Wildman–Crippen LogP) is 4.37. The van der Waals surface area contributed by atoms with Gasteiger partial charge in [-0.2, -0.15) is 0 Å². The van der Waals surface area contributed by atoms with Crippen LogP contribution in [0.25, 0.3) is 11.0 Å². The Balaban J connectivity index is 1.44. The van der Waals surface area contributed by atoms with Crippen molar-refractivity contribution in [3.05, 3.63) is 58.1 Å². The maximum atomic E-state index is 12.8. The number of piperazine rings is 1. The molecule has 33 heavy (non-hydrogen) atoms. The Labute approximate surface area is 202 Å². The van der Waals surface area contributed by atoms with Gasteiger partial charge in [0.25, 0.3) is 0 Å². The summed E-state index contributed by atoms with van der Waals surface area (Å²) in [6.45, 7) is 2.28. The average Bonchev–Trinajstić information content (AvgIpc) is 3.65. The SMILES string of the molecule is COC(=O)C1CN(c2nc3ccccc3nc2NC2CC2)CCN1Cc1cc(Cl)ccc1Cl. The number of halogens is 2. The number of hydrogen-bond acceptors (Lipinski definition) is 7. The van der Waals surface area contributed by atoms with Crippen molar-refractivity contribution >= 4 is 51.8 Å². The number of rotatable bonds is 6. The number of benzene rings is 2. The van der Waals surface area contributed by atoms with Crippen molar-refractivity contribution in [3.8, 4) is 0 Å². The number of methoxy groups -OCH3 is 1. The number of esters is 1. The van der Waals surface area contributed by atoms with Crippen LogP contribution < -0.4 is 10.2 Å². The van der Waals surface area contributed by atoms with Crippen molar-refractivity contribution in [2.45, 2.75) is 31.5 Å². The van der Waals surface area contributed by atoms with Gasteiger partial charge in [0, 0.05) is 42.3 Å². The molecule has 2 fully saturated rings. The van der Waals surface area contributed by atoms with Gasteiger partial charge in [0.1, 0.15) is 6.04 Å². The molecule has 2 heterocycles. The lowest BCUT2D eigenvalue weighted by atomic mass is 10.1. The maximum Gasteiger partial charge on any atom is 0.324 e. The third-order valence-corrected chi connectivity index (χ3v) is 6.72. The van der Waals surface area contributed by atoms with E-state index < -0.39 is 6.04 Å². The largest absolute Gasteiger partial charge is 0.468 e. The van der Waals surface area contributed by atoms with E-state index in [4.69, 9.17) is 37.9 Å². The van der Waals surface area contributed by atoms with Gasteiger partial charge < -0.3 is 15.0 Å². The van der Waals surface area contributed by atoms with Crippen LogP contribution in [-0.2, 0) is 16.1 Å². The van der Waals surface area contributed by atoms with Crippen LogP contribution in [-0.4, -0.2) is 59.7 Å². The molecule has 2 aromatic carbocycles. The molecule has 0 radical (unpaired) electrons. The average molecular weight is 486 g/mol. The highest BCUT2D eigenvalue weighted by molar-refractivity contribution is 6.33. The summed E-state index contributed by atoms with van der Waals surface area (Å²) in [5.74, 6) is 1.25. The van der Waals surface area contributed by atoms with Gasteiger partial charge in [0.2, 0.25) is 0 Å². The fourth-order valence-corrected chi connectivity index (χ4v) is 4.55. The number of ether oxygens (including phenoxy) is 1. The van der Waals surface area contributed by atoms with Gasteiger partial charge in [-0.3, -0.25) is 9.69 Å². The molecule has 172 valence electrons. The summed E-state index contributed by atoms with van der Waals surface area (Å²) in [6, 6.07) is 13.2. The zero-order chi connectivity index (χ0) is 22.9. The summed E-state index contributed by atoms with van der Waals surface area (Å²) in [6.07, 6.45) is 2.26. The van der Waals surface area contributed by atoms with E-state index in [1.165, 1.54) is 7.11 Å². The van der Waals surface area contributed by atoms with Crippen molar-refractivity contribution in [2.24, 2.45) is 0 Å². The molecule has 1 aliphatic carbocycles. The molecule has 0 bridgehead atoms. The van der Waals surface area contributed by atoms with Gasteiger partial charge in [-0.15, -0.1) is 0 Å². The summed E-state index contributed by atoms with van der Waals surface area (Å²) in [5.41, 5.74) is 2.56. The molecule has 2 aliphatic rings. The topological polar surface area (TPSA) is 70.6 Å². The normalized spacial score (nSPS) is 19.0. The zero-order valence-corrected chi connectivity index (χ0v) is 19.8. The molecule has 1 aliphatic heterocycles. The van der Waals surface area contributed by atoms with E-state index in [-0.39, 0.29) is 5.97 Å². The van der Waals surface area contributed by atoms with Gasteiger partial charge in [0.15, 0.2) is 11.6 Å². The molecule has 1 saturated carbocycles. The standard InChI is InChI=1S/C24H25Cl2N5O2/c1-33-24(32)21-14-31(11-10-30(21)13-15-12-16(25)6-9-18(15)26)23-22(27-17-7-8-17)28-19-4-2-3-5-20(19)29-23/h2-6,9,12,17,21H,7-8,10-11,13-14H2,1H3,(H,27,28). The minimum Gasteiger partial charge on any atom is -0.468 e. The number of aromatic nitrogens is 2. The Hall–Kier alpha value is -2.61. The first-order chi connectivity index (χ1) is 16.0. The third-order valence-electron chi connectivity index (χ3n) is 6.12. The first kappa shape index (κ1) is 22.2. The van der Waals surface area contributed by atoms with Gasteiger partial charge in [-0.1, -0.05) is 35.3 Å². The quantitative estimate of drug-likeness (QED) is 0.519. The van der Waals surface area contributed by atoms with Crippen molar-refractivity contribution in [1.82, 2.24) is 14.9 Å². The highest BCUT2D eigenvalue weighted by atomic mass is 35.5. The van der Waals surface area contributed by atoms with Crippen LogP contribution in [0, 0.1) is 0 Å². The molecule has 3 aromatic rings. The second-order valence-electron chi connectivity index (χ2n) is 8.49. The van der Waals surface area contributed by atoms with Crippen molar-refractivity contribution in [2.75, 3.05) is 37.0 Å². The van der Waals surface area contributed by atoms with Crippen molar-refractivity contribution in [3.63, 3.8) is 0 Å². The van der Waals surface area contributed by atoms with E-state index in [1.807, 2.05) is 30.3 Å². The fourth-order valence-electron chi connectivity index (χ4n) is 4.17. The van der Waals surface area contributed by atoms with Crippen LogP contribution >= 0.6 is 23.2 Å². The minimum atomic E-state index is -0.471. The van der Waals surface area contributed by atoms with Crippen molar-refractivity contribution in [1.29, 1.82) is 0 Å². The zero-order valence-electron chi connectivity index (χ0n) is 18.3. The minimum absolute atomic E-state index is 0.289. The number of nitrogens with zero attached hydrogens (tertiary/aromatic N) is 4. The van der Waals surface area contributed by atoms with E-state index in [2.05, 4.69) is 15.1 Å². The highest BCUT2D eigenvalue weighted by Gasteiger charge is 2.35. The summed E-state index contributed by atoms with van der Waals surface area (Å²) < 4.78 is 5.15. The van der Waals surface area contributed by atoms with Crippen molar-refractivity contribution < 1.29 is 9.53 Å². The molecular weight excluding hydrogens is 461 g/mol. The van der Waals surface area contributed by atoms with Crippen LogP contribution in [0.2, 0.25) is 10.0 Å². The molecular formula is C24H25Cl2N5O2. The molecule has 0 spiro atoms. The summed E-state index contributed by atoms with van der Waals surface area (Å²) in [7, 11) is 1.42. The monoisotopic (exact) mass is 485 g/mol. The second-order valence-corrected chi connectivity index (χ2v) is 9.34. The Morgan fingerprint density at radius 2 is 1.88 bits per heavy atom. The number of carbonyl (C=O) groups is 1. The number of anilines is 2. The molecule has 1 atom stereocenters. The van der Waals surface area contributed by atoms with E-state index in [0.29, 0.717) is 42.3 Å². The fraction of sp³-hybridized carbons (Fsp3) is 0.375. The number of fused-ring (bicyclic) bond motifs is 1. The van der Waals surface area contributed by atoms with Gasteiger partial charge in [0.05, 0.1) is 18.1 Å². The molecule has 1 unspecified atom stereocenters. The van der Waals surface area contributed by atoms with Gasteiger partial charge in [-0.25, -0.2) is 9.97 Å². The third kappa shape index (κ3) is 4.86. The summed E-state index contributed by atoms with van der Waals surface area (Å²) in [5, 5.41) is 4.76. The first-order valence-corrected chi connectivity index (χ1v) is 11.8. The Morgan fingerprint density at radius 3 is 2.61 bits per heavy atom. The lowest BCUT2D eigenvalue weighted by Crippen LogP contribution is -2.56. The van der Waals surface area contributed by atoms with Crippen LogP contribution in [0.15, 0.2) is 42.5 Å². The predicted molar refractivity (Wildman–Crippen MR) is 131 cm³/mol. The Morgan fingerprint density at radius 1 is 1.12 bits per heavy atom. The molecule has 7 nitrogen and oxygen atoms in total. The summed E-state index contributed by atoms with van der Waals surface area (Å²) >= 11 is 12.6. The first-order valence-electron chi connectivity index (χ1n) is 11.1. The number of para-hydroxylation sites is 2. The number of nitrogens with one attached hydrogen (secondary N) is 1. The van der Waals surface area contributed by atoms with Gasteiger partial charge >= 0.3 is 5.97 Å². The Bertz CT molecular complexity index is 1190. The van der Waals surface area contributed by atoms with E-state index >= 15 is 0 Å². The van der Waals surface area contributed by atoms with E-state index in [9.17, 15) is 4.79 Å². The maximum absolute atomic E-state index is 12.8. The smallest absolute Gasteiger partial charge is 0.324 e.